The molecule has 21 heavy (non-hydrogen) atoms. The molecular formula is C14H23NO6. The first-order valence-electron chi connectivity index (χ1n) is 7.12. The minimum atomic E-state index is -0.780. The first kappa shape index (κ1) is 16.0. The normalized spacial score (nSPS) is 25.0. The molecule has 0 aromatic carbocycles. The van der Waals surface area contributed by atoms with Crippen LogP contribution in [0.25, 0.3) is 0 Å². The van der Waals surface area contributed by atoms with Crippen LogP contribution in [0.15, 0.2) is 0 Å². The SMILES string of the molecule is COC(=O)[C@@H]1CC2(CCN1C(=O)OC(C)(C)C)OCCO2. The van der Waals surface area contributed by atoms with Gasteiger partial charge in [-0.3, -0.25) is 4.90 Å². The molecule has 0 radical (unpaired) electrons. The number of ether oxygens (including phenoxy) is 4. The first-order chi connectivity index (χ1) is 9.76. The quantitative estimate of drug-likeness (QED) is 0.680. The van der Waals surface area contributed by atoms with Crippen molar-refractivity contribution >= 4 is 12.1 Å². The highest BCUT2D eigenvalue weighted by molar-refractivity contribution is 5.82. The fraction of sp³-hybridized carbons (Fsp3) is 0.857. The fourth-order valence-corrected chi connectivity index (χ4v) is 2.60. The van der Waals surface area contributed by atoms with Crippen LogP contribution in [0.5, 0.6) is 0 Å². The van der Waals surface area contributed by atoms with E-state index in [9.17, 15) is 9.59 Å². The van der Waals surface area contributed by atoms with Gasteiger partial charge < -0.3 is 18.9 Å². The fourth-order valence-electron chi connectivity index (χ4n) is 2.60. The zero-order valence-corrected chi connectivity index (χ0v) is 13.0. The van der Waals surface area contributed by atoms with E-state index in [1.165, 1.54) is 12.0 Å². The van der Waals surface area contributed by atoms with Gasteiger partial charge in [-0.15, -0.1) is 0 Å². The lowest BCUT2D eigenvalue weighted by molar-refractivity contribution is -0.200. The molecule has 1 amide bonds. The Balaban J connectivity index is 2.13. The predicted octanol–water partition coefficient (Wildman–Crippen LogP) is 1.30. The zero-order valence-electron chi connectivity index (χ0n) is 13.0. The molecule has 2 aliphatic heterocycles. The second-order valence-corrected chi connectivity index (χ2v) is 6.27. The summed E-state index contributed by atoms with van der Waals surface area (Å²) in [6.07, 6.45) is 0.254. The smallest absolute Gasteiger partial charge is 0.411 e. The van der Waals surface area contributed by atoms with Crippen LogP contribution in [-0.2, 0) is 23.7 Å². The van der Waals surface area contributed by atoms with Gasteiger partial charge in [0.25, 0.3) is 0 Å². The maximum atomic E-state index is 12.3. The van der Waals surface area contributed by atoms with Crippen molar-refractivity contribution < 1.29 is 28.5 Å². The van der Waals surface area contributed by atoms with Crippen LogP contribution < -0.4 is 0 Å². The van der Waals surface area contributed by atoms with Gasteiger partial charge in [0, 0.05) is 19.4 Å². The van der Waals surface area contributed by atoms with E-state index < -0.39 is 29.5 Å². The molecule has 2 rings (SSSR count). The van der Waals surface area contributed by atoms with E-state index in [2.05, 4.69) is 0 Å². The van der Waals surface area contributed by atoms with Crippen molar-refractivity contribution in [2.24, 2.45) is 0 Å². The van der Waals surface area contributed by atoms with E-state index >= 15 is 0 Å². The summed E-state index contributed by atoms with van der Waals surface area (Å²) in [6.45, 7) is 6.68. The third-order valence-electron chi connectivity index (χ3n) is 3.53. The Kier molecular flexibility index (Phi) is 4.43. The zero-order chi connectivity index (χ0) is 15.7. The molecular weight excluding hydrogens is 278 g/mol. The van der Waals surface area contributed by atoms with Crippen molar-refractivity contribution in [3.8, 4) is 0 Å². The Morgan fingerprint density at radius 2 is 1.86 bits per heavy atom. The average molecular weight is 301 g/mol. The molecule has 0 unspecified atom stereocenters. The summed E-state index contributed by atoms with van der Waals surface area (Å²) in [5.74, 6) is -1.27. The van der Waals surface area contributed by atoms with Gasteiger partial charge in [0.05, 0.1) is 20.3 Å². The van der Waals surface area contributed by atoms with E-state index in [4.69, 9.17) is 18.9 Å². The van der Waals surface area contributed by atoms with Gasteiger partial charge in [0.15, 0.2) is 5.79 Å². The summed E-state index contributed by atoms with van der Waals surface area (Å²) in [7, 11) is 1.30. The lowest BCUT2D eigenvalue weighted by Crippen LogP contribution is -2.57. The number of methoxy groups -OCH3 is 1. The Morgan fingerprint density at radius 1 is 1.24 bits per heavy atom. The van der Waals surface area contributed by atoms with E-state index in [0.717, 1.165) is 0 Å². The lowest BCUT2D eigenvalue weighted by atomic mass is 9.96. The van der Waals surface area contributed by atoms with Crippen molar-refractivity contribution in [2.75, 3.05) is 26.9 Å². The molecule has 120 valence electrons. The van der Waals surface area contributed by atoms with Crippen molar-refractivity contribution in [3.63, 3.8) is 0 Å². The van der Waals surface area contributed by atoms with Gasteiger partial charge in [-0.05, 0) is 20.8 Å². The molecule has 0 aliphatic carbocycles. The Morgan fingerprint density at radius 3 is 2.38 bits per heavy atom. The summed E-state index contributed by atoms with van der Waals surface area (Å²) in [6, 6.07) is -0.753. The molecule has 0 bridgehead atoms. The largest absolute Gasteiger partial charge is 0.467 e. The van der Waals surface area contributed by atoms with E-state index in [1.54, 1.807) is 20.8 Å². The monoisotopic (exact) mass is 301 g/mol. The molecule has 1 spiro atoms. The summed E-state index contributed by atoms with van der Waals surface area (Å²) in [5, 5.41) is 0. The number of hydrogen-bond donors (Lipinski definition) is 0. The standard InChI is InChI=1S/C14H23NO6/c1-13(2,3)21-12(17)15-6-5-14(19-7-8-20-14)9-10(15)11(16)18-4/h10H,5-9H2,1-4H3/t10-/m0/s1. The van der Waals surface area contributed by atoms with Gasteiger partial charge >= 0.3 is 12.1 Å². The van der Waals surface area contributed by atoms with E-state index in [1.807, 2.05) is 0 Å². The lowest BCUT2D eigenvalue weighted by Gasteiger charge is -2.42. The molecule has 2 fully saturated rings. The van der Waals surface area contributed by atoms with Crippen LogP contribution in [-0.4, -0.2) is 61.3 Å². The van der Waals surface area contributed by atoms with Crippen LogP contribution in [0.2, 0.25) is 0 Å². The molecule has 7 heteroatoms. The molecule has 0 aromatic rings. The number of piperidine rings is 1. The molecule has 2 heterocycles. The van der Waals surface area contributed by atoms with Crippen LogP contribution in [0.3, 0.4) is 0 Å². The number of carbonyl (C=O) groups excluding carboxylic acids is 2. The highest BCUT2D eigenvalue weighted by atomic mass is 16.7. The number of nitrogens with zero attached hydrogens (tertiary/aromatic N) is 1. The maximum Gasteiger partial charge on any atom is 0.411 e. The minimum absolute atomic E-state index is 0.263. The summed E-state index contributed by atoms with van der Waals surface area (Å²) < 4.78 is 21.4. The van der Waals surface area contributed by atoms with Crippen molar-refractivity contribution in [1.82, 2.24) is 4.90 Å². The molecule has 7 nitrogen and oxygen atoms in total. The second-order valence-electron chi connectivity index (χ2n) is 6.27. The van der Waals surface area contributed by atoms with Crippen molar-refractivity contribution in [2.45, 2.75) is 51.0 Å². The van der Waals surface area contributed by atoms with Crippen molar-refractivity contribution in [3.05, 3.63) is 0 Å². The van der Waals surface area contributed by atoms with Crippen LogP contribution in [0.1, 0.15) is 33.6 Å². The third kappa shape index (κ3) is 3.65. The van der Waals surface area contributed by atoms with E-state index in [0.29, 0.717) is 26.2 Å². The van der Waals surface area contributed by atoms with Gasteiger partial charge in [0.1, 0.15) is 11.6 Å². The number of hydrogen-bond acceptors (Lipinski definition) is 6. The van der Waals surface area contributed by atoms with Crippen LogP contribution >= 0.6 is 0 Å². The van der Waals surface area contributed by atoms with Gasteiger partial charge in [-0.1, -0.05) is 0 Å². The number of rotatable bonds is 1. The Labute approximate surface area is 124 Å². The summed E-state index contributed by atoms with van der Waals surface area (Å²) >= 11 is 0. The molecule has 2 aliphatic rings. The van der Waals surface area contributed by atoms with Crippen LogP contribution in [0, 0.1) is 0 Å². The predicted molar refractivity (Wildman–Crippen MR) is 72.6 cm³/mol. The molecule has 0 saturated carbocycles. The number of likely N-dealkylation sites (tertiary alicyclic amines) is 1. The van der Waals surface area contributed by atoms with Crippen molar-refractivity contribution in [1.29, 1.82) is 0 Å². The molecule has 0 N–H and O–H groups in total. The molecule has 0 aromatic heterocycles. The minimum Gasteiger partial charge on any atom is -0.467 e. The maximum absolute atomic E-state index is 12.3. The summed E-state index contributed by atoms with van der Waals surface area (Å²) in [4.78, 5) is 25.7. The molecule has 2 saturated heterocycles. The number of carbonyl (C=O) groups is 2. The van der Waals surface area contributed by atoms with Crippen LogP contribution in [0.4, 0.5) is 4.79 Å². The topological polar surface area (TPSA) is 74.3 Å². The summed E-state index contributed by atoms with van der Waals surface area (Å²) in [5.41, 5.74) is -0.618. The highest BCUT2D eigenvalue weighted by Crippen LogP contribution is 2.35. The van der Waals surface area contributed by atoms with Gasteiger partial charge in [-0.25, -0.2) is 9.59 Å². The highest BCUT2D eigenvalue weighted by Gasteiger charge is 2.49. The van der Waals surface area contributed by atoms with Gasteiger partial charge in [-0.2, -0.15) is 0 Å². The average Bonchev–Trinajstić information content (AvgIpc) is 2.83. The second kappa shape index (κ2) is 5.81. The third-order valence-corrected chi connectivity index (χ3v) is 3.53. The number of amides is 1. The first-order valence-corrected chi connectivity index (χ1v) is 7.12. The molecule has 1 atom stereocenters. The van der Waals surface area contributed by atoms with Gasteiger partial charge in [0.2, 0.25) is 0 Å². The number of esters is 1. The Bertz CT molecular complexity index is 410. The van der Waals surface area contributed by atoms with E-state index in [-0.39, 0.29) is 6.42 Å². The Hall–Kier alpha value is -1.34.